The average molecular weight is 427 g/mol. The van der Waals surface area contributed by atoms with Crippen molar-refractivity contribution in [2.45, 2.75) is 12.3 Å². The molecule has 30 heavy (non-hydrogen) atoms. The van der Waals surface area contributed by atoms with E-state index in [1.54, 1.807) is 28.8 Å². The second-order valence-electron chi connectivity index (χ2n) is 6.85. The van der Waals surface area contributed by atoms with Gasteiger partial charge in [0, 0.05) is 34.8 Å². The van der Waals surface area contributed by atoms with Crippen LogP contribution in [-0.4, -0.2) is 35.8 Å². The predicted molar refractivity (Wildman–Crippen MR) is 112 cm³/mol. The van der Waals surface area contributed by atoms with Crippen LogP contribution in [0.5, 0.6) is 11.5 Å². The number of fused-ring (bicyclic) bond motifs is 1. The fourth-order valence-corrected chi connectivity index (χ4v) is 4.10. The van der Waals surface area contributed by atoms with Gasteiger partial charge in [0.2, 0.25) is 5.91 Å². The maximum absolute atomic E-state index is 12.5. The van der Waals surface area contributed by atoms with Gasteiger partial charge >= 0.3 is 5.97 Å². The molecule has 154 valence electrons. The first kappa shape index (κ1) is 19.8. The minimum absolute atomic E-state index is 0.00453. The van der Waals surface area contributed by atoms with E-state index in [0.717, 1.165) is 5.56 Å². The fraction of sp³-hybridized carbons (Fsp3) is 0.182. The Hall–Kier alpha value is -3.45. The van der Waals surface area contributed by atoms with Gasteiger partial charge in [0.25, 0.3) is 0 Å². The second-order valence-corrected chi connectivity index (χ2v) is 7.28. The van der Waals surface area contributed by atoms with Crippen LogP contribution < -0.4 is 14.8 Å². The van der Waals surface area contributed by atoms with Crippen LogP contribution in [0.15, 0.2) is 48.7 Å². The van der Waals surface area contributed by atoms with Gasteiger partial charge in [-0.25, -0.2) is 4.79 Å². The molecule has 0 fully saturated rings. The van der Waals surface area contributed by atoms with Crippen LogP contribution in [-0.2, 0) is 4.79 Å². The predicted octanol–water partition coefficient (Wildman–Crippen LogP) is 4.32. The number of methoxy groups -OCH3 is 2. The maximum atomic E-state index is 12.5. The van der Waals surface area contributed by atoms with Crippen LogP contribution in [0.2, 0.25) is 5.02 Å². The Kier molecular flexibility index (Phi) is 5.13. The molecule has 1 unspecified atom stereocenters. The number of para-hydroxylation sites is 1. The largest absolute Gasteiger partial charge is 0.493 e. The van der Waals surface area contributed by atoms with Crippen molar-refractivity contribution in [2.24, 2.45) is 0 Å². The fourth-order valence-electron chi connectivity index (χ4n) is 3.91. The summed E-state index contributed by atoms with van der Waals surface area (Å²) in [5.74, 6) is -0.830. The Labute approximate surface area is 177 Å². The molecule has 0 spiro atoms. The van der Waals surface area contributed by atoms with Gasteiger partial charge in [0.1, 0.15) is 5.56 Å². The number of carbonyl (C=O) groups excluding carboxylic acids is 1. The molecule has 8 heteroatoms. The van der Waals surface area contributed by atoms with E-state index < -0.39 is 11.9 Å². The first-order chi connectivity index (χ1) is 14.4. The summed E-state index contributed by atoms with van der Waals surface area (Å²) in [6.07, 6.45) is 1.63. The highest BCUT2D eigenvalue weighted by Gasteiger charge is 2.36. The van der Waals surface area contributed by atoms with Crippen LogP contribution in [0.25, 0.3) is 5.69 Å². The van der Waals surface area contributed by atoms with Crippen LogP contribution in [0.3, 0.4) is 0 Å². The van der Waals surface area contributed by atoms with E-state index >= 15 is 0 Å². The molecule has 0 aliphatic carbocycles. The molecule has 0 bridgehead atoms. The molecule has 3 aromatic rings. The van der Waals surface area contributed by atoms with E-state index in [9.17, 15) is 14.7 Å². The summed E-state index contributed by atoms with van der Waals surface area (Å²) in [7, 11) is 3.07. The van der Waals surface area contributed by atoms with Crippen molar-refractivity contribution in [1.82, 2.24) is 4.57 Å². The molecule has 0 saturated carbocycles. The molecule has 2 aromatic carbocycles. The zero-order valence-corrected chi connectivity index (χ0v) is 17.1. The number of nitrogens with one attached hydrogen (secondary N) is 1. The highest BCUT2D eigenvalue weighted by atomic mass is 35.5. The van der Waals surface area contributed by atoms with Crippen molar-refractivity contribution < 1.29 is 24.2 Å². The molecular formula is C22H19ClN2O5. The van der Waals surface area contributed by atoms with E-state index in [0.29, 0.717) is 27.9 Å². The number of benzene rings is 2. The van der Waals surface area contributed by atoms with E-state index in [-0.39, 0.29) is 23.6 Å². The number of ether oxygens (including phenoxy) is 2. The van der Waals surface area contributed by atoms with Crippen molar-refractivity contribution >= 4 is 29.2 Å². The lowest BCUT2D eigenvalue weighted by Crippen LogP contribution is -2.25. The van der Waals surface area contributed by atoms with Crippen molar-refractivity contribution in [1.29, 1.82) is 0 Å². The molecule has 1 aliphatic heterocycles. The molecule has 1 aliphatic rings. The third-order valence-corrected chi connectivity index (χ3v) is 5.39. The molecule has 1 atom stereocenters. The van der Waals surface area contributed by atoms with Gasteiger partial charge < -0.3 is 24.5 Å². The van der Waals surface area contributed by atoms with Gasteiger partial charge in [-0.15, -0.1) is 0 Å². The van der Waals surface area contributed by atoms with E-state index in [4.69, 9.17) is 21.1 Å². The van der Waals surface area contributed by atoms with Gasteiger partial charge in [0.05, 0.1) is 25.6 Å². The van der Waals surface area contributed by atoms with Crippen molar-refractivity contribution in [3.63, 3.8) is 0 Å². The minimum Gasteiger partial charge on any atom is -0.493 e. The summed E-state index contributed by atoms with van der Waals surface area (Å²) in [5.41, 5.74) is 2.33. The van der Waals surface area contributed by atoms with Gasteiger partial charge in [-0.2, -0.15) is 0 Å². The number of hydrogen-bond donors (Lipinski definition) is 2. The number of halogens is 1. The Bertz CT molecular complexity index is 1150. The van der Waals surface area contributed by atoms with E-state index in [2.05, 4.69) is 5.32 Å². The molecule has 1 aromatic heterocycles. The van der Waals surface area contributed by atoms with E-state index in [1.807, 2.05) is 18.2 Å². The number of carbonyl (C=O) groups is 2. The molecule has 2 heterocycles. The van der Waals surface area contributed by atoms with Crippen molar-refractivity contribution in [3.05, 3.63) is 70.5 Å². The lowest BCUT2D eigenvalue weighted by molar-refractivity contribution is -0.116. The smallest absolute Gasteiger partial charge is 0.339 e. The molecule has 0 saturated heterocycles. The first-order valence-corrected chi connectivity index (χ1v) is 9.57. The Morgan fingerprint density at radius 3 is 2.63 bits per heavy atom. The average Bonchev–Trinajstić information content (AvgIpc) is 3.12. The monoisotopic (exact) mass is 426 g/mol. The molecule has 4 rings (SSSR count). The Morgan fingerprint density at radius 2 is 1.97 bits per heavy atom. The standard InChI is InChI=1S/C22H19ClN2O5/c1-29-17-8-4-7-14(21(17)30-2)15-10-18(26)24-19-16(22(27)28)11-25(20(15)19)13-6-3-5-12(23)9-13/h3-9,11,15H,10H2,1-2H3,(H,24,26)(H,27,28). The van der Waals surface area contributed by atoms with Gasteiger partial charge in [-0.3, -0.25) is 4.79 Å². The zero-order valence-electron chi connectivity index (χ0n) is 16.3. The topological polar surface area (TPSA) is 89.8 Å². The third-order valence-electron chi connectivity index (χ3n) is 5.15. The zero-order chi connectivity index (χ0) is 21.4. The highest BCUT2D eigenvalue weighted by molar-refractivity contribution is 6.30. The Balaban J connectivity index is 2.01. The number of amides is 1. The normalized spacial score (nSPS) is 15.3. The summed E-state index contributed by atoms with van der Waals surface area (Å²) in [4.78, 5) is 24.5. The third kappa shape index (κ3) is 3.27. The maximum Gasteiger partial charge on any atom is 0.339 e. The van der Waals surface area contributed by atoms with Crippen molar-refractivity contribution in [3.8, 4) is 17.2 Å². The van der Waals surface area contributed by atoms with Gasteiger partial charge in [-0.05, 0) is 24.3 Å². The number of aromatic carboxylic acids is 1. The number of carboxylic acid groups (broad SMARTS) is 1. The van der Waals surface area contributed by atoms with Crippen LogP contribution in [0, 0.1) is 0 Å². The molecule has 1 amide bonds. The number of nitrogens with zero attached hydrogens (tertiary/aromatic N) is 1. The number of aromatic nitrogens is 1. The second kappa shape index (κ2) is 7.76. The SMILES string of the molecule is COc1cccc(C2CC(=O)Nc3c(C(=O)O)cn(-c4cccc(Cl)c4)c32)c1OC. The first-order valence-electron chi connectivity index (χ1n) is 9.19. The quantitative estimate of drug-likeness (QED) is 0.634. The molecular weight excluding hydrogens is 408 g/mol. The van der Waals surface area contributed by atoms with Gasteiger partial charge in [0.15, 0.2) is 11.5 Å². The van der Waals surface area contributed by atoms with Crippen LogP contribution in [0.4, 0.5) is 5.69 Å². The molecule has 7 nitrogen and oxygen atoms in total. The van der Waals surface area contributed by atoms with Gasteiger partial charge in [-0.1, -0.05) is 29.8 Å². The molecule has 2 N–H and O–H groups in total. The Morgan fingerprint density at radius 1 is 1.20 bits per heavy atom. The summed E-state index contributed by atoms with van der Waals surface area (Å²) >= 11 is 6.18. The minimum atomic E-state index is -1.13. The van der Waals surface area contributed by atoms with Crippen LogP contribution in [0.1, 0.15) is 34.0 Å². The summed E-state index contributed by atoms with van der Waals surface area (Å²) in [6, 6.07) is 12.5. The number of rotatable bonds is 5. The summed E-state index contributed by atoms with van der Waals surface area (Å²) in [6.45, 7) is 0. The lowest BCUT2D eigenvalue weighted by atomic mass is 9.87. The number of anilines is 1. The molecule has 0 radical (unpaired) electrons. The summed E-state index contributed by atoms with van der Waals surface area (Å²) in [5, 5.41) is 13.0. The summed E-state index contributed by atoms with van der Waals surface area (Å²) < 4.78 is 12.8. The van der Waals surface area contributed by atoms with Crippen LogP contribution >= 0.6 is 11.6 Å². The lowest BCUT2D eigenvalue weighted by Gasteiger charge is -2.27. The number of carboxylic acids is 1. The van der Waals surface area contributed by atoms with Crippen molar-refractivity contribution in [2.75, 3.05) is 19.5 Å². The van der Waals surface area contributed by atoms with E-state index in [1.165, 1.54) is 20.4 Å². The number of hydrogen-bond acceptors (Lipinski definition) is 4. The highest BCUT2D eigenvalue weighted by Crippen LogP contribution is 2.46.